The topological polar surface area (TPSA) is 45.7 Å². The van der Waals surface area contributed by atoms with Crippen molar-refractivity contribution >= 4 is 20.0 Å². The van der Waals surface area contributed by atoms with Gasteiger partial charge >= 0.3 is 6.09 Å². The molecule has 1 aliphatic heterocycles. The highest BCUT2D eigenvalue weighted by molar-refractivity contribution is 6.83. The molecule has 1 aromatic rings. The molecule has 6 heteroatoms. The van der Waals surface area contributed by atoms with Gasteiger partial charge < -0.3 is 14.5 Å². The number of nitrogens with zero attached hydrogens (tertiary/aromatic N) is 3. The smallest absolute Gasteiger partial charge is 0.410 e. The quantitative estimate of drug-likeness (QED) is 0.556. The Morgan fingerprint density at radius 3 is 2.35 bits per heavy atom. The summed E-state index contributed by atoms with van der Waals surface area (Å²) in [5.74, 6) is 4.28. The maximum atomic E-state index is 12.2. The molecule has 1 aliphatic rings. The summed E-state index contributed by atoms with van der Waals surface area (Å²) < 4.78 is 5.46. The van der Waals surface area contributed by atoms with Gasteiger partial charge in [-0.2, -0.15) is 0 Å². The lowest BCUT2D eigenvalue weighted by molar-refractivity contribution is 0.0240. The van der Waals surface area contributed by atoms with Gasteiger partial charge in [-0.1, -0.05) is 25.6 Å². The van der Waals surface area contributed by atoms with Gasteiger partial charge in [0.2, 0.25) is 0 Å². The van der Waals surface area contributed by atoms with Crippen LogP contribution in [0.5, 0.6) is 0 Å². The molecule has 142 valence electrons. The minimum absolute atomic E-state index is 0.240. The molecule has 1 aromatic heterocycles. The number of piperazine rings is 1. The molecule has 2 rings (SSSR count). The lowest BCUT2D eigenvalue weighted by atomic mass is 10.1. The Morgan fingerprint density at radius 1 is 1.19 bits per heavy atom. The average molecular weight is 374 g/mol. The fraction of sp³-hybridized carbons (Fsp3) is 0.600. The largest absolute Gasteiger partial charge is 0.444 e. The van der Waals surface area contributed by atoms with Crippen molar-refractivity contribution in [1.82, 2.24) is 9.88 Å². The van der Waals surface area contributed by atoms with Crippen LogP contribution >= 0.6 is 0 Å². The molecule has 1 fully saturated rings. The highest BCUT2D eigenvalue weighted by atomic mass is 28.3. The molecule has 0 radical (unpaired) electrons. The number of hydrogen-bond acceptors (Lipinski definition) is 4. The molecule has 0 spiro atoms. The molecule has 0 unspecified atom stereocenters. The first-order valence-electron chi connectivity index (χ1n) is 9.17. The first-order chi connectivity index (χ1) is 11.9. The third-order valence-electron chi connectivity index (χ3n) is 3.92. The zero-order valence-electron chi connectivity index (χ0n) is 17.1. The summed E-state index contributed by atoms with van der Waals surface area (Å²) >= 11 is 0. The van der Waals surface area contributed by atoms with Crippen LogP contribution in [-0.2, 0) is 4.74 Å². The summed E-state index contributed by atoms with van der Waals surface area (Å²) in [6, 6.07) is 2.08. The maximum Gasteiger partial charge on any atom is 0.410 e. The van der Waals surface area contributed by atoms with E-state index in [2.05, 4.69) is 47.1 Å². The molecular formula is C20H31N3O2Si. The van der Waals surface area contributed by atoms with Crippen molar-refractivity contribution in [3.8, 4) is 11.5 Å². The fourth-order valence-electron chi connectivity index (χ4n) is 2.52. The van der Waals surface area contributed by atoms with Gasteiger partial charge in [-0.15, -0.1) is 5.54 Å². The summed E-state index contributed by atoms with van der Waals surface area (Å²) in [4.78, 5) is 20.7. The average Bonchev–Trinajstić information content (AvgIpc) is 2.52. The van der Waals surface area contributed by atoms with E-state index in [-0.39, 0.29) is 6.09 Å². The van der Waals surface area contributed by atoms with E-state index < -0.39 is 13.7 Å². The molecule has 0 N–H and O–H groups in total. The Hall–Kier alpha value is -2.00. The number of carbonyl (C=O) groups excluding carboxylic acids is 1. The van der Waals surface area contributed by atoms with E-state index in [1.807, 2.05) is 33.9 Å². The minimum Gasteiger partial charge on any atom is -0.444 e. The number of rotatable bonds is 1. The highest BCUT2D eigenvalue weighted by Crippen LogP contribution is 2.19. The van der Waals surface area contributed by atoms with E-state index in [9.17, 15) is 4.79 Å². The van der Waals surface area contributed by atoms with Crippen LogP contribution in [0.3, 0.4) is 0 Å². The summed E-state index contributed by atoms with van der Waals surface area (Å²) in [5.41, 5.74) is 5.12. The zero-order chi connectivity index (χ0) is 19.5. The van der Waals surface area contributed by atoms with Crippen LogP contribution in [0.15, 0.2) is 12.3 Å². The summed E-state index contributed by atoms with van der Waals surface area (Å²) in [6.07, 6.45) is 1.65. The standard InChI is InChI=1S/C20H31N3O2Si/c1-16-15-21-18(14-17(16)8-13-26(5,6)7)22-9-11-23(12-10-22)19(24)25-20(2,3)4/h14-15H,9-12H2,1-7H3. The molecule has 1 amide bonds. The van der Waals surface area contributed by atoms with Crippen LogP contribution in [0.1, 0.15) is 31.9 Å². The Bertz CT molecular complexity index is 715. The number of hydrogen-bond donors (Lipinski definition) is 0. The second kappa shape index (κ2) is 7.71. The van der Waals surface area contributed by atoms with Gasteiger partial charge in [0.1, 0.15) is 19.5 Å². The van der Waals surface area contributed by atoms with E-state index >= 15 is 0 Å². The normalized spacial score (nSPS) is 15.3. The predicted molar refractivity (Wildman–Crippen MR) is 109 cm³/mol. The van der Waals surface area contributed by atoms with E-state index in [1.54, 1.807) is 4.90 Å². The number of carbonyl (C=O) groups is 1. The van der Waals surface area contributed by atoms with Crippen LogP contribution in [0.2, 0.25) is 19.6 Å². The third-order valence-corrected chi connectivity index (χ3v) is 4.79. The number of aryl methyl sites for hydroxylation is 1. The van der Waals surface area contributed by atoms with Crippen LogP contribution in [0, 0.1) is 18.4 Å². The monoisotopic (exact) mass is 373 g/mol. The van der Waals surface area contributed by atoms with Crippen molar-refractivity contribution in [2.45, 2.75) is 52.9 Å². The van der Waals surface area contributed by atoms with Crippen molar-refractivity contribution in [2.75, 3.05) is 31.1 Å². The molecule has 0 aromatic carbocycles. The van der Waals surface area contributed by atoms with E-state index in [1.165, 1.54) is 0 Å². The van der Waals surface area contributed by atoms with Crippen LogP contribution in [0.4, 0.5) is 10.6 Å². The van der Waals surface area contributed by atoms with Crippen molar-refractivity contribution in [3.05, 3.63) is 23.4 Å². The SMILES string of the molecule is Cc1cnc(N2CCN(C(=O)OC(C)(C)C)CC2)cc1C#C[Si](C)(C)C. The van der Waals surface area contributed by atoms with E-state index in [4.69, 9.17) is 4.74 Å². The van der Waals surface area contributed by atoms with E-state index in [0.29, 0.717) is 13.1 Å². The predicted octanol–water partition coefficient (Wildman–Crippen LogP) is 3.68. The van der Waals surface area contributed by atoms with Gasteiger partial charge in [-0.05, 0) is 39.3 Å². The third kappa shape index (κ3) is 6.06. The Labute approximate surface area is 158 Å². The van der Waals surface area contributed by atoms with Gasteiger partial charge in [0.15, 0.2) is 0 Å². The number of aromatic nitrogens is 1. The van der Waals surface area contributed by atoms with Crippen molar-refractivity contribution < 1.29 is 9.53 Å². The van der Waals surface area contributed by atoms with Crippen LogP contribution in [-0.4, -0.2) is 55.8 Å². The lowest BCUT2D eigenvalue weighted by Gasteiger charge is -2.36. The molecule has 5 nitrogen and oxygen atoms in total. The van der Waals surface area contributed by atoms with E-state index in [0.717, 1.165) is 30.0 Å². The first kappa shape index (κ1) is 20.3. The van der Waals surface area contributed by atoms with Crippen molar-refractivity contribution in [3.63, 3.8) is 0 Å². The number of pyridine rings is 1. The second-order valence-electron chi connectivity index (χ2n) is 8.81. The second-order valence-corrected chi connectivity index (χ2v) is 13.6. The Balaban J connectivity index is 2.05. The maximum absolute atomic E-state index is 12.2. The molecular weight excluding hydrogens is 342 g/mol. The Morgan fingerprint density at radius 2 is 1.81 bits per heavy atom. The Kier molecular flexibility index (Phi) is 6.02. The van der Waals surface area contributed by atoms with Crippen LogP contribution < -0.4 is 4.90 Å². The molecule has 0 saturated carbocycles. The number of anilines is 1. The number of amides is 1. The summed E-state index contributed by atoms with van der Waals surface area (Å²) in [6.45, 7) is 17.2. The molecule has 0 atom stereocenters. The lowest BCUT2D eigenvalue weighted by Crippen LogP contribution is -2.50. The molecule has 2 heterocycles. The molecule has 0 aliphatic carbocycles. The summed E-state index contributed by atoms with van der Waals surface area (Å²) in [5, 5.41) is 0. The van der Waals surface area contributed by atoms with Gasteiger partial charge in [0.25, 0.3) is 0 Å². The van der Waals surface area contributed by atoms with Gasteiger partial charge in [0.05, 0.1) is 0 Å². The zero-order valence-corrected chi connectivity index (χ0v) is 18.1. The van der Waals surface area contributed by atoms with Gasteiger partial charge in [-0.25, -0.2) is 9.78 Å². The van der Waals surface area contributed by atoms with Crippen molar-refractivity contribution in [2.24, 2.45) is 0 Å². The van der Waals surface area contributed by atoms with Gasteiger partial charge in [0, 0.05) is 37.9 Å². The fourth-order valence-corrected chi connectivity index (χ4v) is 3.03. The van der Waals surface area contributed by atoms with Crippen LogP contribution in [0.25, 0.3) is 0 Å². The van der Waals surface area contributed by atoms with Gasteiger partial charge in [-0.3, -0.25) is 0 Å². The van der Waals surface area contributed by atoms with Crippen molar-refractivity contribution in [1.29, 1.82) is 0 Å². The number of ether oxygens (including phenoxy) is 1. The highest BCUT2D eigenvalue weighted by Gasteiger charge is 2.26. The molecule has 0 bridgehead atoms. The first-order valence-corrected chi connectivity index (χ1v) is 12.7. The molecule has 26 heavy (non-hydrogen) atoms. The molecule has 1 saturated heterocycles. The minimum atomic E-state index is -1.41. The summed E-state index contributed by atoms with van der Waals surface area (Å²) in [7, 11) is -1.41.